The highest BCUT2D eigenvalue weighted by molar-refractivity contribution is 5.81. The van der Waals surface area contributed by atoms with E-state index in [1.807, 2.05) is 41.4 Å². The number of fused-ring (bicyclic) bond motifs is 1. The van der Waals surface area contributed by atoms with E-state index in [2.05, 4.69) is 15.4 Å². The van der Waals surface area contributed by atoms with E-state index in [1.165, 1.54) is 13.2 Å². The maximum atomic E-state index is 13.2. The van der Waals surface area contributed by atoms with Gasteiger partial charge in [-0.1, -0.05) is 0 Å². The van der Waals surface area contributed by atoms with Crippen molar-refractivity contribution >= 4 is 11.4 Å². The highest BCUT2D eigenvalue weighted by Gasteiger charge is 2.36. The monoisotopic (exact) mass is 419 g/mol. The van der Waals surface area contributed by atoms with Gasteiger partial charge in [-0.05, 0) is 30.7 Å². The number of nitrogens with zero attached hydrogens (tertiary/aromatic N) is 4. The third-order valence-corrected chi connectivity index (χ3v) is 4.96. The number of hydrogen-bond donors (Lipinski definition) is 1. The molecule has 1 N–H and O–H groups in total. The van der Waals surface area contributed by atoms with Crippen LogP contribution < -0.4 is 19.8 Å². The molecule has 2 aliphatic rings. The van der Waals surface area contributed by atoms with Gasteiger partial charge in [-0.2, -0.15) is 18.2 Å². The van der Waals surface area contributed by atoms with Crippen molar-refractivity contribution in [3.63, 3.8) is 0 Å². The Morgan fingerprint density at radius 1 is 1.17 bits per heavy atom. The zero-order valence-corrected chi connectivity index (χ0v) is 16.6. The zero-order valence-electron chi connectivity index (χ0n) is 16.6. The van der Waals surface area contributed by atoms with E-state index in [-0.39, 0.29) is 6.04 Å². The summed E-state index contributed by atoms with van der Waals surface area (Å²) in [7, 11) is 2.73. The highest BCUT2D eigenvalue weighted by Crippen LogP contribution is 2.38. The maximum absolute atomic E-state index is 13.2. The van der Waals surface area contributed by atoms with Gasteiger partial charge in [0.05, 0.1) is 26.0 Å². The van der Waals surface area contributed by atoms with Crippen molar-refractivity contribution in [2.75, 3.05) is 25.7 Å². The van der Waals surface area contributed by atoms with E-state index < -0.39 is 17.6 Å². The minimum atomic E-state index is -4.53. The molecule has 4 heterocycles. The number of pyridine rings is 2. The molecule has 0 bridgehead atoms. The molecule has 2 aromatic heterocycles. The van der Waals surface area contributed by atoms with E-state index in [1.54, 1.807) is 13.3 Å². The molecule has 158 valence electrons. The van der Waals surface area contributed by atoms with Gasteiger partial charge in [-0.25, -0.2) is 4.98 Å². The van der Waals surface area contributed by atoms with Crippen molar-refractivity contribution in [2.24, 2.45) is 0 Å². The average Bonchev–Trinajstić information content (AvgIpc) is 3.17. The van der Waals surface area contributed by atoms with Crippen LogP contribution in [0.1, 0.15) is 18.1 Å². The van der Waals surface area contributed by atoms with Gasteiger partial charge < -0.3 is 19.8 Å². The number of alkyl halides is 3. The summed E-state index contributed by atoms with van der Waals surface area (Å²) in [5.41, 5.74) is 5.01. The van der Waals surface area contributed by atoms with Gasteiger partial charge in [0.2, 0.25) is 11.8 Å². The summed E-state index contributed by atoms with van der Waals surface area (Å²) >= 11 is 0. The highest BCUT2D eigenvalue weighted by atomic mass is 19.4. The molecule has 0 fully saturated rings. The minimum Gasteiger partial charge on any atom is -0.481 e. The second-order valence-electron chi connectivity index (χ2n) is 6.88. The molecule has 0 saturated heterocycles. The van der Waals surface area contributed by atoms with Gasteiger partial charge in [0, 0.05) is 36.8 Å². The molecule has 10 heteroatoms. The standard InChI is InChI=1S/C20H20F3N5O2/c1-12-10-27(17-5-4-15(20(21,22)23)19(26-17)30-3)11-16-14(9-25-28(12)16)13-6-7-24-18(8-13)29-2/h4-9,11-12,25H,10H2,1-3H3/t12-/m0/s1. The Morgan fingerprint density at radius 2 is 1.97 bits per heavy atom. The fourth-order valence-corrected chi connectivity index (χ4v) is 3.51. The second-order valence-corrected chi connectivity index (χ2v) is 6.88. The number of hydrogen-bond acceptors (Lipinski definition) is 7. The molecule has 0 saturated carbocycles. The fraction of sp³-hybridized carbons (Fsp3) is 0.300. The average molecular weight is 419 g/mol. The van der Waals surface area contributed by atoms with E-state index in [9.17, 15) is 13.2 Å². The Labute approximate surface area is 171 Å². The Morgan fingerprint density at radius 3 is 2.67 bits per heavy atom. The third kappa shape index (κ3) is 3.49. The topological polar surface area (TPSA) is 62.8 Å². The Balaban J connectivity index is 1.71. The first kappa shape index (κ1) is 19.9. The summed E-state index contributed by atoms with van der Waals surface area (Å²) < 4.78 is 49.6. The molecule has 0 radical (unpaired) electrons. The van der Waals surface area contributed by atoms with Crippen LogP contribution in [0.3, 0.4) is 0 Å². The molecule has 0 aromatic carbocycles. The lowest BCUT2D eigenvalue weighted by atomic mass is 10.0. The predicted octanol–water partition coefficient (Wildman–Crippen LogP) is 3.42. The lowest BCUT2D eigenvalue weighted by molar-refractivity contribution is -0.139. The normalized spacial score (nSPS) is 18.4. The van der Waals surface area contributed by atoms with Crippen molar-refractivity contribution < 1.29 is 22.6 Å². The van der Waals surface area contributed by atoms with Crippen LogP contribution in [0.4, 0.5) is 19.0 Å². The lowest BCUT2D eigenvalue weighted by Crippen LogP contribution is -2.47. The molecule has 2 aliphatic heterocycles. The fourth-order valence-electron chi connectivity index (χ4n) is 3.51. The molecular weight excluding hydrogens is 399 g/mol. The number of methoxy groups -OCH3 is 2. The van der Waals surface area contributed by atoms with Crippen LogP contribution >= 0.6 is 0 Å². The van der Waals surface area contributed by atoms with Gasteiger partial charge in [-0.15, -0.1) is 0 Å². The predicted molar refractivity (Wildman–Crippen MR) is 104 cm³/mol. The van der Waals surface area contributed by atoms with Gasteiger partial charge in [-0.3, -0.25) is 5.01 Å². The van der Waals surface area contributed by atoms with Gasteiger partial charge in [0.1, 0.15) is 11.4 Å². The summed E-state index contributed by atoms with van der Waals surface area (Å²) in [5.74, 6) is 0.410. The quantitative estimate of drug-likeness (QED) is 0.815. The number of anilines is 1. The van der Waals surface area contributed by atoms with Crippen LogP contribution in [0.2, 0.25) is 0 Å². The van der Waals surface area contributed by atoms with Gasteiger partial charge in [0.25, 0.3) is 0 Å². The zero-order chi connectivity index (χ0) is 21.5. The minimum absolute atomic E-state index is 0.0255. The van der Waals surface area contributed by atoms with E-state index >= 15 is 0 Å². The first-order valence-electron chi connectivity index (χ1n) is 9.19. The number of ether oxygens (including phenoxy) is 2. The van der Waals surface area contributed by atoms with Crippen LogP contribution in [-0.4, -0.2) is 41.8 Å². The molecule has 0 amide bonds. The van der Waals surface area contributed by atoms with Crippen LogP contribution in [0.15, 0.2) is 48.6 Å². The molecule has 2 aromatic rings. The van der Waals surface area contributed by atoms with E-state index in [4.69, 9.17) is 9.47 Å². The van der Waals surface area contributed by atoms with Crippen LogP contribution in [0.5, 0.6) is 11.8 Å². The largest absolute Gasteiger partial charge is 0.481 e. The summed E-state index contributed by atoms with van der Waals surface area (Å²) in [4.78, 5) is 10.1. The molecule has 7 nitrogen and oxygen atoms in total. The summed E-state index contributed by atoms with van der Waals surface area (Å²) in [6.45, 7) is 2.54. The van der Waals surface area contributed by atoms with Crippen molar-refractivity contribution in [3.05, 3.63) is 59.7 Å². The van der Waals surface area contributed by atoms with E-state index in [0.29, 0.717) is 18.2 Å². The number of rotatable bonds is 4. The van der Waals surface area contributed by atoms with Crippen LogP contribution in [0, 0.1) is 0 Å². The lowest BCUT2D eigenvalue weighted by Gasteiger charge is -2.38. The first-order valence-corrected chi connectivity index (χ1v) is 9.19. The van der Waals surface area contributed by atoms with Crippen molar-refractivity contribution in [1.29, 1.82) is 0 Å². The van der Waals surface area contributed by atoms with Crippen molar-refractivity contribution in [3.8, 4) is 11.8 Å². The number of aromatic nitrogens is 2. The summed E-state index contributed by atoms with van der Waals surface area (Å²) in [6, 6.07) is 6.06. The Kier molecular flexibility index (Phi) is 4.92. The molecule has 0 unspecified atom stereocenters. The molecule has 30 heavy (non-hydrogen) atoms. The SMILES string of the molecule is COc1cc(C2=CNN3C2=CN(c2ccc(C(F)(F)F)c(OC)n2)C[C@@H]3C)ccn1. The Bertz CT molecular complexity index is 1020. The van der Waals surface area contributed by atoms with Gasteiger partial charge in [0.15, 0.2) is 0 Å². The Hall–Kier alpha value is -3.43. The second kappa shape index (κ2) is 7.43. The summed E-state index contributed by atoms with van der Waals surface area (Å²) in [5, 5.41) is 2.00. The van der Waals surface area contributed by atoms with Crippen LogP contribution in [0.25, 0.3) is 5.57 Å². The van der Waals surface area contributed by atoms with E-state index in [0.717, 1.165) is 22.9 Å². The number of halogens is 3. The number of allylic oxidation sites excluding steroid dienone is 1. The van der Waals surface area contributed by atoms with Gasteiger partial charge >= 0.3 is 6.18 Å². The van der Waals surface area contributed by atoms with Crippen molar-refractivity contribution in [1.82, 2.24) is 20.4 Å². The molecule has 1 atom stereocenters. The first-order chi connectivity index (χ1) is 14.3. The maximum Gasteiger partial charge on any atom is 0.421 e. The smallest absolute Gasteiger partial charge is 0.421 e. The number of nitrogens with one attached hydrogen (secondary N) is 1. The molecule has 4 rings (SSSR count). The van der Waals surface area contributed by atoms with Crippen molar-refractivity contribution in [2.45, 2.75) is 19.1 Å². The number of hydrazine groups is 1. The molecule has 0 spiro atoms. The molecular formula is C20H20F3N5O2. The summed E-state index contributed by atoms with van der Waals surface area (Å²) in [6.07, 6.45) is 0.854. The third-order valence-electron chi connectivity index (χ3n) is 4.96. The van der Waals surface area contributed by atoms with Crippen LogP contribution in [-0.2, 0) is 6.18 Å². The molecule has 0 aliphatic carbocycles.